The van der Waals surface area contributed by atoms with Gasteiger partial charge in [-0.3, -0.25) is 4.79 Å². The Morgan fingerprint density at radius 2 is 1.91 bits per heavy atom. The van der Waals surface area contributed by atoms with E-state index in [-0.39, 0.29) is 41.0 Å². The first-order chi connectivity index (χ1) is 15.2. The molecule has 0 bridgehead atoms. The highest BCUT2D eigenvalue weighted by atomic mass is 17.2. The first-order valence-corrected chi connectivity index (χ1v) is 12.7. The van der Waals surface area contributed by atoms with Crippen molar-refractivity contribution in [1.82, 2.24) is 0 Å². The van der Waals surface area contributed by atoms with Crippen molar-refractivity contribution < 1.29 is 29.1 Å². The molecule has 3 aliphatic carbocycles. The van der Waals surface area contributed by atoms with Gasteiger partial charge in [-0.25, -0.2) is 0 Å². The Hall–Kier alpha value is -1.11. The van der Waals surface area contributed by atoms with Crippen LogP contribution in [0.15, 0.2) is 12.3 Å². The summed E-state index contributed by atoms with van der Waals surface area (Å²) in [5, 5.41) is 11.3. The van der Waals surface area contributed by atoms with E-state index in [9.17, 15) is 9.90 Å². The van der Waals surface area contributed by atoms with Crippen LogP contribution in [0.25, 0.3) is 0 Å². The third-order valence-electron chi connectivity index (χ3n) is 9.32. The maximum atomic E-state index is 12.0. The van der Waals surface area contributed by atoms with Crippen LogP contribution < -0.4 is 0 Å². The minimum absolute atomic E-state index is 0.0554. The molecule has 182 valence electrons. The predicted octanol–water partition coefficient (Wildman–Crippen LogP) is 4.94. The van der Waals surface area contributed by atoms with Gasteiger partial charge in [0.25, 0.3) is 0 Å². The van der Waals surface area contributed by atoms with E-state index in [0.29, 0.717) is 30.6 Å². The topological polar surface area (TPSA) is 74.2 Å². The number of ether oxygens (including phenoxy) is 2. The predicted molar refractivity (Wildman–Crippen MR) is 120 cm³/mol. The summed E-state index contributed by atoms with van der Waals surface area (Å²) in [7, 11) is 0. The van der Waals surface area contributed by atoms with Crippen LogP contribution in [0.2, 0.25) is 0 Å². The Labute approximate surface area is 192 Å². The summed E-state index contributed by atoms with van der Waals surface area (Å²) in [6, 6.07) is 0. The van der Waals surface area contributed by atoms with Gasteiger partial charge in [-0.1, -0.05) is 34.3 Å². The Kier molecular flexibility index (Phi) is 6.96. The van der Waals surface area contributed by atoms with E-state index in [1.165, 1.54) is 0 Å². The largest absolute Gasteiger partial charge is 0.459 e. The van der Waals surface area contributed by atoms with Crippen molar-refractivity contribution in [3.8, 4) is 0 Å². The second-order valence-electron chi connectivity index (χ2n) is 11.2. The molecule has 1 heterocycles. The van der Waals surface area contributed by atoms with Gasteiger partial charge >= 0.3 is 5.97 Å². The molecule has 0 spiro atoms. The van der Waals surface area contributed by atoms with Crippen molar-refractivity contribution in [3.05, 3.63) is 12.3 Å². The van der Waals surface area contributed by atoms with Gasteiger partial charge < -0.3 is 19.5 Å². The Balaban J connectivity index is 1.45. The summed E-state index contributed by atoms with van der Waals surface area (Å²) in [5.41, 5.74) is -0.0585. The molecule has 1 aliphatic heterocycles. The molecule has 6 nitrogen and oxygen atoms in total. The molecule has 0 amide bonds. The van der Waals surface area contributed by atoms with E-state index < -0.39 is 6.10 Å². The minimum Gasteiger partial charge on any atom is -0.459 e. The van der Waals surface area contributed by atoms with Gasteiger partial charge in [-0.2, -0.15) is 4.89 Å². The zero-order valence-electron chi connectivity index (χ0n) is 20.3. The highest BCUT2D eigenvalue weighted by Gasteiger charge is 2.64. The summed E-state index contributed by atoms with van der Waals surface area (Å²) < 4.78 is 12.1. The maximum Gasteiger partial charge on any atom is 0.305 e. The van der Waals surface area contributed by atoms with Crippen LogP contribution in [-0.4, -0.2) is 42.1 Å². The number of allylic oxidation sites excluding steroid dienone is 1. The second kappa shape index (κ2) is 9.27. The average molecular weight is 451 g/mol. The number of hydrogen-bond donors (Lipinski definition) is 1. The lowest BCUT2D eigenvalue weighted by molar-refractivity contribution is -0.313. The zero-order valence-corrected chi connectivity index (χ0v) is 20.3. The van der Waals surface area contributed by atoms with Crippen molar-refractivity contribution in [3.63, 3.8) is 0 Å². The van der Waals surface area contributed by atoms with Gasteiger partial charge in [0.05, 0.1) is 18.8 Å². The van der Waals surface area contributed by atoms with Crippen molar-refractivity contribution in [2.45, 2.75) is 110 Å². The Morgan fingerprint density at radius 1 is 1.16 bits per heavy atom. The van der Waals surface area contributed by atoms with Gasteiger partial charge in [0, 0.05) is 24.2 Å². The highest BCUT2D eigenvalue weighted by Crippen LogP contribution is 2.63. The molecule has 3 saturated carbocycles. The normalized spacial score (nSPS) is 45.3. The van der Waals surface area contributed by atoms with Crippen LogP contribution in [0.5, 0.6) is 0 Å². The number of carbonyl (C=O) groups is 1. The molecule has 4 fully saturated rings. The first kappa shape index (κ1) is 24.0. The second-order valence-corrected chi connectivity index (χ2v) is 11.2. The van der Waals surface area contributed by atoms with E-state index in [4.69, 9.17) is 19.2 Å². The lowest BCUT2D eigenvalue weighted by Gasteiger charge is -2.61. The summed E-state index contributed by atoms with van der Waals surface area (Å²) in [6.45, 7) is 12.9. The molecule has 1 N–H and O–H groups in total. The van der Waals surface area contributed by atoms with Gasteiger partial charge in [0.15, 0.2) is 0 Å². The summed E-state index contributed by atoms with van der Waals surface area (Å²) >= 11 is 0. The number of aliphatic hydroxyl groups excluding tert-OH is 1. The fraction of sp³-hybridized carbons (Fsp3) is 0.885. The third-order valence-corrected chi connectivity index (χ3v) is 9.32. The summed E-state index contributed by atoms with van der Waals surface area (Å²) in [4.78, 5) is 23.2. The Morgan fingerprint density at radius 3 is 2.62 bits per heavy atom. The highest BCUT2D eigenvalue weighted by molar-refractivity contribution is 5.69. The fourth-order valence-electron chi connectivity index (χ4n) is 7.36. The molecule has 4 unspecified atom stereocenters. The molecular formula is C26H42O6. The van der Waals surface area contributed by atoms with Crippen LogP contribution in [0, 0.1) is 28.6 Å². The number of esters is 1. The van der Waals surface area contributed by atoms with Crippen LogP contribution in [-0.2, 0) is 24.0 Å². The van der Waals surface area contributed by atoms with Gasteiger partial charge in [0.1, 0.15) is 18.0 Å². The minimum atomic E-state index is -0.405. The van der Waals surface area contributed by atoms with Gasteiger partial charge in [-0.15, -0.1) is 0 Å². The van der Waals surface area contributed by atoms with Gasteiger partial charge in [0.2, 0.25) is 0 Å². The lowest BCUT2D eigenvalue weighted by atomic mass is 9.45. The molecule has 4 rings (SSSR count). The van der Waals surface area contributed by atoms with Gasteiger partial charge in [-0.05, 0) is 62.2 Å². The van der Waals surface area contributed by atoms with E-state index in [1.54, 1.807) is 0 Å². The van der Waals surface area contributed by atoms with Crippen molar-refractivity contribution >= 4 is 5.97 Å². The smallest absolute Gasteiger partial charge is 0.305 e. The monoisotopic (exact) mass is 450 g/mol. The third kappa shape index (κ3) is 4.12. The van der Waals surface area contributed by atoms with Crippen LogP contribution in [0.3, 0.4) is 0 Å². The number of carbonyl (C=O) groups excluding carboxylic acids is 1. The molecule has 0 radical (unpaired) electrons. The fourth-order valence-corrected chi connectivity index (χ4v) is 7.36. The molecule has 6 heteroatoms. The van der Waals surface area contributed by atoms with Crippen LogP contribution in [0.4, 0.5) is 0 Å². The summed E-state index contributed by atoms with van der Waals surface area (Å²) in [6.07, 6.45) is 7.28. The molecule has 9 atom stereocenters. The lowest BCUT2D eigenvalue weighted by Crippen LogP contribution is -2.61. The van der Waals surface area contributed by atoms with E-state index in [1.807, 2.05) is 6.92 Å². The molecule has 0 aromatic carbocycles. The molecule has 1 saturated heterocycles. The number of hydrogen-bond acceptors (Lipinski definition) is 6. The number of rotatable bonds is 7. The Bertz CT molecular complexity index is 708. The number of fused-ring (bicyclic) bond motifs is 5. The quantitative estimate of drug-likeness (QED) is 0.256. The van der Waals surface area contributed by atoms with Crippen molar-refractivity contribution in [1.29, 1.82) is 0 Å². The maximum absolute atomic E-state index is 12.0. The molecule has 4 aliphatic rings. The van der Waals surface area contributed by atoms with Crippen LogP contribution >= 0.6 is 0 Å². The summed E-state index contributed by atoms with van der Waals surface area (Å²) in [5.74, 6) is 1.43. The molecule has 0 aromatic rings. The molecule has 0 aromatic heterocycles. The van der Waals surface area contributed by atoms with Crippen molar-refractivity contribution in [2.24, 2.45) is 28.6 Å². The average Bonchev–Trinajstić information content (AvgIpc) is 3.09. The molecule has 32 heavy (non-hydrogen) atoms. The molecular weight excluding hydrogens is 408 g/mol. The number of aliphatic hydroxyl groups is 1. The SMILES string of the molecule is C=C(CCC)OO[C@H]1CC[C@@]2(C)C(C1)C[C@H](O)C1C2CC[C@@]2(C)C1OC[C@@H]2OC(=O)CC. The first-order valence-electron chi connectivity index (χ1n) is 12.7. The van der Waals surface area contributed by atoms with E-state index in [2.05, 4.69) is 27.4 Å². The standard InChI is InChI=1S/C26H42O6/c1-6-8-16(3)31-32-18-9-11-25(4)17(13-18)14-20(27)23-19(25)10-12-26(5)21(15-29-24(23)26)30-22(28)7-2/h17-21,23-24,27H,3,6-15H2,1-2,4-5H3/t17?,18-,19?,20-,21-,23?,24?,25-,26+/m0/s1. The van der Waals surface area contributed by atoms with Crippen LogP contribution in [0.1, 0.15) is 85.5 Å². The van der Waals surface area contributed by atoms with Crippen molar-refractivity contribution in [2.75, 3.05) is 6.61 Å². The van der Waals surface area contributed by atoms with E-state index >= 15 is 0 Å². The van der Waals surface area contributed by atoms with E-state index in [0.717, 1.165) is 51.4 Å². The zero-order chi connectivity index (χ0) is 23.1.